The summed E-state index contributed by atoms with van der Waals surface area (Å²) in [5.74, 6) is 3.32. The first-order chi connectivity index (χ1) is 15.1. The number of nitrogens with zero attached hydrogens (tertiary/aromatic N) is 2. The van der Waals surface area contributed by atoms with Crippen LogP contribution in [0.3, 0.4) is 0 Å². The number of amides is 1. The van der Waals surface area contributed by atoms with Gasteiger partial charge in [-0.15, -0.1) is 0 Å². The number of ether oxygens (including phenoxy) is 3. The zero-order valence-corrected chi connectivity index (χ0v) is 18.7. The van der Waals surface area contributed by atoms with Crippen LogP contribution in [0, 0.1) is 5.92 Å². The van der Waals surface area contributed by atoms with Gasteiger partial charge in [-0.25, -0.2) is 0 Å². The lowest BCUT2D eigenvalue weighted by atomic mass is 9.93. The number of methoxy groups -OCH3 is 3. The molecule has 1 amide bonds. The number of benzene rings is 2. The molecule has 0 saturated carbocycles. The van der Waals surface area contributed by atoms with Gasteiger partial charge in [0.15, 0.2) is 0 Å². The minimum absolute atomic E-state index is 0.0982. The molecule has 1 fully saturated rings. The van der Waals surface area contributed by atoms with Crippen molar-refractivity contribution in [1.82, 2.24) is 9.80 Å². The molecule has 6 nitrogen and oxygen atoms in total. The highest BCUT2D eigenvalue weighted by Gasteiger charge is 2.28. The van der Waals surface area contributed by atoms with E-state index in [1.165, 1.54) is 11.1 Å². The summed E-state index contributed by atoms with van der Waals surface area (Å²) in [5.41, 5.74) is 3.22. The molecule has 2 aromatic carbocycles. The van der Waals surface area contributed by atoms with Gasteiger partial charge < -0.3 is 19.1 Å². The molecule has 4 rings (SSSR count). The molecule has 2 aliphatic rings. The number of carbonyl (C=O) groups is 1. The van der Waals surface area contributed by atoms with E-state index in [1.807, 2.05) is 41.3 Å². The molecular weight excluding hydrogens is 392 g/mol. The van der Waals surface area contributed by atoms with E-state index in [-0.39, 0.29) is 5.91 Å². The van der Waals surface area contributed by atoms with E-state index in [1.54, 1.807) is 21.3 Å². The standard InChI is InChI=1S/C25H32N2O4/c1-29-20-6-4-5-19(15-20)25(28)27-13-9-18(10-14-27)16-26-12-11-21-22(17-26)24(31-3)8-7-23(21)30-2/h4-8,15,18H,9-14,16-17H2,1-3H3. The third-order valence-electron chi connectivity index (χ3n) is 6.58. The van der Waals surface area contributed by atoms with Crippen LogP contribution in [0.25, 0.3) is 0 Å². The van der Waals surface area contributed by atoms with Gasteiger partial charge in [-0.2, -0.15) is 0 Å². The summed E-state index contributed by atoms with van der Waals surface area (Å²) in [7, 11) is 5.09. The third-order valence-corrected chi connectivity index (χ3v) is 6.58. The molecule has 166 valence electrons. The summed E-state index contributed by atoms with van der Waals surface area (Å²) in [6.07, 6.45) is 3.05. The predicted octanol–water partition coefficient (Wildman–Crippen LogP) is 3.62. The van der Waals surface area contributed by atoms with Crippen molar-refractivity contribution in [2.45, 2.75) is 25.8 Å². The number of carbonyl (C=O) groups excluding carboxylic acids is 1. The molecule has 0 spiro atoms. The lowest BCUT2D eigenvalue weighted by Crippen LogP contribution is -2.42. The number of fused-ring (bicyclic) bond motifs is 1. The largest absolute Gasteiger partial charge is 0.497 e. The van der Waals surface area contributed by atoms with Crippen LogP contribution in [0.15, 0.2) is 36.4 Å². The molecule has 0 unspecified atom stereocenters. The zero-order chi connectivity index (χ0) is 21.8. The van der Waals surface area contributed by atoms with Crippen molar-refractivity contribution in [2.24, 2.45) is 5.92 Å². The van der Waals surface area contributed by atoms with E-state index in [2.05, 4.69) is 4.90 Å². The van der Waals surface area contributed by atoms with Crippen LogP contribution in [-0.2, 0) is 13.0 Å². The Hall–Kier alpha value is -2.73. The van der Waals surface area contributed by atoms with Gasteiger partial charge in [0, 0.05) is 49.4 Å². The van der Waals surface area contributed by atoms with Crippen LogP contribution in [-0.4, -0.2) is 63.2 Å². The Labute approximate surface area is 184 Å². The maximum Gasteiger partial charge on any atom is 0.253 e. The van der Waals surface area contributed by atoms with Gasteiger partial charge in [0.25, 0.3) is 5.91 Å². The average molecular weight is 425 g/mol. The van der Waals surface area contributed by atoms with Crippen molar-refractivity contribution in [1.29, 1.82) is 0 Å². The highest BCUT2D eigenvalue weighted by molar-refractivity contribution is 5.94. The molecule has 0 bridgehead atoms. The molecule has 0 atom stereocenters. The van der Waals surface area contributed by atoms with Gasteiger partial charge in [-0.1, -0.05) is 6.07 Å². The van der Waals surface area contributed by atoms with E-state index >= 15 is 0 Å². The smallest absolute Gasteiger partial charge is 0.253 e. The van der Waals surface area contributed by atoms with Crippen LogP contribution in [0.4, 0.5) is 0 Å². The van der Waals surface area contributed by atoms with Gasteiger partial charge >= 0.3 is 0 Å². The van der Waals surface area contributed by atoms with E-state index in [0.717, 1.165) is 69.2 Å². The van der Waals surface area contributed by atoms with E-state index in [0.29, 0.717) is 11.5 Å². The first kappa shape index (κ1) is 21.5. The maximum absolute atomic E-state index is 12.9. The minimum atomic E-state index is 0.0982. The van der Waals surface area contributed by atoms with Crippen LogP contribution < -0.4 is 14.2 Å². The number of hydrogen-bond acceptors (Lipinski definition) is 5. The third kappa shape index (κ3) is 4.64. The van der Waals surface area contributed by atoms with Crippen LogP contribution in [0.1, 0.15) is 34.3 Å². The quantitative estimate of drug-likeness (QED) is 0.709. The molecule has 6 heteroatoms. The first-order valence-electron chi connectivity index (χ1n) is 11.0. The predicted molar refractivity (Wildman–Crippen MR) is 120 cm³/mol. The van der Waals surface area contributed by atoms with Crippen molar-refractivity contribution in [3.05, 3.63) is 53.1 Å². The Kier molecular flexibility index (Phi) is 6.66. The van der Waals surface area contributed by atoms with Crippen molar-refractivity contribution < 1.29 is 19.0 Å². The molecule has 0 aliphatic carbocycles. The number of piperidine rings is 1. The first-order valence-corrected chi connectivity index (χ1v) is 11.0. The van der Waals surface area contributed by atoms with Crippen LogP contribution >= 0.6 is 0 Å². The van der Waals surface area contributed by atoms with Crippen LogP contribution in [0.5, 0.6) is 17.2 Å². The lowest BCUT2D eigenvalue weighted by molar-refractivity contribution is 0.0662. The molecule has 0 radical (unpaired) electrons. The number of likely N-dealkylation sites (tertiary alicyclic amines) is 1. The van der Waals surface area contributed by atoms with Crippen LogP contribution in [0.2, 0.25) is 0 Å². The van der Waals surface area contributed by atoms with Gasteiger partial charge in [-0.05, 0) is 55.5 Å². The fourth-order valence-electron chi connectivity index (χ4n) is 4.83. The maximum atomic E-state index is 12.9. The van der Waals surface area contributed by atoms with Crippen molar-refractivity contribution in [3.8, 4) is 17.2 Å². The Morgan fingerprint density at radius 2 is 1.65 bits per heavy atom. The normalized spacial score (nSPS) is 17.2. The van der Waals surface area contributed by atoms with Gasteiger partial charge in [-0.3, -0.25) is 9.69 Å². The molecule has 2 aromatic rings. The molecule has 2 heterocycles. The molecule has 2 aliphatic heterocycles. The second kappa shape index (κ2) is 9.60. The zero-order valence-electron chi connectivity index (χ0n) is 18.7. The highest BCUT2D eigenvalue weighted by atomic mass is 16.5. The topological polar surface area (TPSA) is 51.2 Å². The highest BCUT2D eigenvalue weighted by Crippen LogP contribution is 2.35. The van der Waals surface area contributed by atoms with E-state index < -0.39 is 0 Å². The van der Waals surface area contributed by atoms with Gasteiger partial charge in [0.1, 0.15) is 17.2 Å². The minimum Gasteiger partial charge on any atom is -0.497 e. The second-order valence-electron chi connectivity index (χ2n) is 8.38. The lowest BCUT2D eigenvalue weighted by Gasteiger charge is -2.37. The Balaban J connectivity index is 1.34. The van der Waals surface area contributed by atoms with Gasteiger partial charge in [0.05, 0.1) is 21.3 Å². The Bertz CT molecular complexity index is 922. The number of rotatable bonds is 6. The Morgan fingerprint density at radius 1 is 0.935 bits per heavy atom. The van der Waals surface area contributed by atoms with Crippen molar-refractivity contribution in [2.75, 3.05) is 47.5 Å². The fraction of sp³-hybridized carbons (Fsp3) is 0.480. The molecular formula is C25H32N2O4. The molecule has 31 heavy (non-hydrogen) atoms. The fourth-order valence-corrected chi connectivity index (χ4v) is 4.83. The molecule has 0 aromatic heterocycles. The number of hydrogen-bond donors (Lipinski definition) is 0. The van der Waals surface area contributed by atoms with Gasteiger partial charge in [0.2, 0.25) is 0 Å². The second-order valence-corrected chi connectivity index (χ2v) is 8.38. The summed E-state index contributed by atoms with van der Waals surface area (Å²) in [4.78, 5) is 17.4. The SMILES string of the molecule is COc1cccc(C(=O)N2CCC(CN3CCc4c(OC)ccc(OC)c4C3)CC2)c1. The summed E-state index contributed by atoms with van der Waals surface area (Å²) < 4.78 is 16.4. The van der Waals surface area contributed by atoms with E-state index in [9.17, 15) is 4.79 Å². The van der Waals surface area contributed by atoms with Crippen molar-refractivity contribution >= 4 is 5.91 Å². The summed E-state index contributed by atoms with van der Waals surface area (Å²) >= 11 is 0. The summed E-state index contributed by atoms with van der Waals surface area (Å²) in [6, 6.07) is 11.4. The monoisotopic (exact) mass is 424 g/mol. The summed E-state index contributed by atoms with van der Waals surface area (Å²) in [6.45, 7) is 4.59. The van der Waals surface area contributed by atoms with E-state index in [4.69, 9.17) is 14.2 Å². The molecule has 1 saturated heterocycles. The summed E-state index contributed by atoms with van der Waals surface area (Å²) in [5, 5.41) is 0. The average Bonchev–Trinajstić information content (AvgIpc) is 2.83. The molecule has 0 N–H and O–H groups in total. The Morgan fingerprint density at radius 3 is 2.32 bits per heavy atom. The van der Waals surface area contributed by atoms with Crippen molar-refractivity contribution in [3.63, 3.8) is 0 Å².